The van der Waals surface area contributed by atoms with Crippen molar-refractivity contribution < 1.29 is 9.90 Å². The molecule has 0 saturated carbocycles. The number of amides is 1. The van der Waals surface area contributed by atoms with Gasteiger partial charge >= 0.3 is 0 Å². The average molecular weight is 283 g/mol. The summed E-state index contributed by atoms with van der Waals surface area (Å²) in [6.07, 6.45) is 0.790. The van der Waals surface area contributed by atoms with Gasteiger partial charge in [-0.05, 0) is 31.0 Å². The van der Waals surface area contributed by atoms with E-state index >= 15 is 0 Å². The summed E-state index contributed by atoms with van der Waals surface area (Å²) in [6, 6.07) is 17.6. The molecular formula is C18H21NO2. The summed E-state index contributed by atoms with van der Waals surface area (Å²) in [5, 5.41) is 9.18. The van der Waals surface area contributed by atoms with Crippen LogP contribution in [0.3, 0.4) is 0 Å². The molecule has 2 aromatic rings. The zero-order chi connectivity index (χ0) is 15.1. The van der Waals surface area contributed by atoms with Crippen LogP contribution in [0.5, 0.6) is 0 Å². The van der Waals surface area contributed by atoms with Crippen molar-refractivity contribution in [2.75, 3.05) is 19.7 Å². The summed E-state index contributed by atoms with van der Waals surface area (Å²) in [4.78, 5) is 14.2. The minimum absolute atomic E-state index is 0.0214. The van der Waals surface area contributed by atoms with Gasteiger partial charge in [-0.15, -0.1) is 0 Å². The van der Waals surface area contributed by atoms with Gasteiger partial charge in [-0.25, -0.2) is 0 Å². The number of aliphatic hydroxyl groups excluding tert-OH is 1. The lowest BCUT2D eigenvalue weighted by Gasteiger charge is -2.22. The van der Waals surface area contributed by atoms with Crippen LogP contribution in [0.2, 0.25) is 0 Å². The van der Waals surface area contributed by atoms with E-state index in [-0.39, 0.29) is 12.5 Å². The fourth-order valence-electron chi connectivity index (χ4n) is 2.22. The molecule has 0 fully saturated rings. The molecule has 110 valence electrons. The maximum absolute atomic E-state index is 12.5. The largest absolute Gasteiger partial charge is 0.395 e. The quantitative estimate of drug-likeness (QED) is 0.885. The predicted molar refractivity (Wildman–Crippen MR) is 84.3 cm³/mol. The standard InChI is InChI=1S/C18H21NO2/c1-15-7-9-17(10-8-15)18(21)19(13-14-20)12-11-16-5-3-2-4-6-16/h2-10,20H,11-14H2,1H3. The van der Waals surface area contributed by atoms with E-state index in [1.54, 1.807) is 4.90 Å². The highest BCUT2D eigenvalue weighted by Crippen LogP contribution is 2.09. The Kier molecular flexibility index (Phi) is 5.52. The van der Waals surface area contributed by atoms with Crippen molar-refractivity contribution in [2.24, 2.45) is 0 Å². The lowest BCUT2D eigenvalue weighted by Crippen LogP contribution is -2.35. The van der Waals surface area contributed by atoms with Crippen molar-refractivity contribution in [1.82, 2.24) is 4.90 Å². The Morgan fingerprint density at radius 1 is 1.00 bits per heavy atom. The number of benzene rings is 2. The molecule has 2 aromatic carbocycles. The summed E-state index contributed by atoms with van der Waals surface area (Å²) < 4.78 is 0. The molecule has 0 atom stereocenters. The first-order chi connectivity index (χ1) is 10.2. The highest BCUT2D eigenvalue weighted by molar-refractivity contribution is 5.94. The summed E-state index contributed by atoms with van der Waals surface area (Å²) in [6.45, 7) is 2.94. The van der Waals surface area contributed by atoms with E-state index in [9.17, 15) is 9.90 Å². The molecule has 1 amide bonds. The van der Waals surface area contributed by atoms with Gasteiger partial charge in [0.25, 0.3) is 5.91 Å². The molecule has 0 saturated heterocycles. The first-order valence-corrected chi connectivity index (χ1v) is 7.21. The molecule has 0 unspecified atom stereocenters. The van der Waals surface area contributed by atoms with Gasteiger partial charge in [-0.3, -0.25) is 4.79 Å². The molecule has 0 aromatic heterocycles. The maximum atomic E-state index is 12.5. The Hall–Kier alpha value is -2.13. The Balaban J connectivity index is 2.03. The minimum atomic E-state index is -0.0278. The summed E-state index contributed by atoms with van der Waals surface area (Å²) in [5.74, 6) is -0.0278. The molecule has 0 bridgehead atoms. The fourth-order valence-corrected chi connectivity index (χ4v) is 2.22. The lowest BCUT2D eigenvalue weighted by atomic mass is 10.1. The van der Waals surface area contributed by atoms with Gasteiger partial charge in [0.15, 0.2) is 0 Å². The first kappa shape index (κ1) is 15.3. The number of hydrogen-bond donors (Lipinski definition) is 1. The number of aryl methyl sites for hydroxylation is 1. The van der Waals surface area contributed by atoms with Gasteiger partial charge in [-0.1, -0.05) is 48.0 Å². The van der Waals surface area contributed by atoms with Crippen LogP contribution in [-0.4, -0.2) is 35.6 Å². The second kappa shape index (κ2) is 7.60. The Morgan fingerprint density at radius 2 is 1.67 bits per heavy atom. The topological polar surface area (TPSA) is 40.5 Å². The van der Waals surface area contributed by atoms with Crippen molar-refractivity contribution in [3.8, 4) is 0 Å². The fraction of sp³-hybridized carbons (Fsp3) is 0.278. The van der Waals surface area contributed by atoms with Gasteiger partial charge in [0, 0.05) is 18.7 Å². The van der Waals surface area contributed by atoms with E-state index in [1.807, 2.05) is 61.5 Å². The van der Waals surface area contributed by atoms with Crippen LogP contribution in [0.4, 0.5) is 0 Å². The SMILES string of the molecule is Cc1ccc(C(=O)N(CCO)CCc2ccccc2)cc1. The van der Waals surface area contributed by atoms with Crippen molar-refractivity contribution in [1.29, 1.82) is 0 Å². The minimum Gasteiger partial charge on any atom is -0.395 e. The van der Waals surface area contributed by atoms with Crippen molar-refractivity contribution >= 4 is 5.91 Å². The van der Waals surface area contributed by atoms with E-state index < -0.39 is 0 Å². The Morgan fingerprint density at radius 3 is 2.29 bits per heavy atom. The number of hydrogen-bond acceptors (Lipinski definition) is 2. The van der Waals surface area contributed by atoms with Gasteiger partial charge in [0.05, 0.1) is 6.61 Å². The number of aliphatic hydroxyl groups is 1. The van der Waals surface area contributed by atoms with Crippen LogP contribution in [0, 0.1) is 6.92 Å². The van der Waals surface area contributed by atoms with Crippen LogP contribution in [0.1, 0.15) is 21.5 Å². The Labute approximate surface area is 125 Å². The smallest absolute Gasteiger partial charge is 0.253 e. The van der Waals surface area contributed by atoms with Crippen LogP contribution in [-0.2, 0) is 6.42 Å². The highest BCUT2D eigenvalue weighted by atomic mass is 16.3. The molecule has 3 nitrogen and oxygen atoms in total. The Bertz CT molecular complexity index is 564. The number of rotatable bonds is 6. The van der Waals surface area contributed by atoms with Gasteiger partial charge in [-0.2, -0.15) is 0 Å². The summed E-state index contributed by atoms with van der Waals surface area (Å²) in [5.41, 5.74) is 2.99. The van der Waals surface area contributed by atoms with E-state index in [1.165, 1.54) is 5.56 Å². The van der Waals surface area contributed by atoms with Gasteiger partial charge in [0.2, 0.25) is 0 Å². The van der Waals surface area contributed by atoms with E-state index in [2.05, 4.69) is 0 Å². The maximum Gasteiger partial charge on any atom is 0.253 e. The second-order valence-corrected chi connectivity index (χ2v) is 5.12. The molecule has 21 heavy (non-hydrogen) atoms. The molecule has 0 spiro atoms. The van der Waals surface area contributed by atoms with E-state index in [4.69, 9.17) is 0 Å². The molecule has 3 heteroatoms. The van der Waals surface area contributed by atoms with Crippen molar-refractivity contribution in [2.45, 2.75) is 13.3 Å². The van der Waals surface area contributed by atoms with Gasteiger partial charge in [0.1, 0.15) is 0 Å². The molecule has 0 aliphatic rings. The van der Waals surface area contributed by atoms with Crippen LogP contribution >= 0.6 is 0 Å². The predicted octanol–water partition coefficient (Wildman–Crippen LogP) is 2.67. The number of carbonyl (C=O) groups excluding carboxylic acids is 1. The zero-order valence-electron chi connectivity index (χ0n) is 12.3. The highest BCUT2D eigenvalue weighted by Gasteiger charge is 2.14. The normalized spacial score (nSPS) is 10.4. The van der Waals surface area contributed by atoms with Crippen molar-refractivity contribution in [3.05, 3.63) is 71.3 Å². The third kappa shape index (κ3) is 4.43. The summed E-state index contributed by atoms with van der Waals surface area (Å²) in [7, 11) is 0. The molecular weight excluding hydrogens is 262 g/mol. The second-order valence-electron chi connectivity index (χ2n) is 5.12. The zero-order valence-corrected chi connectivity index (χ0v) is 12.3. The van der Waals surface area contributed by atoms with Crippen LogP contribution in [0.15, 0.2) is 54.6 Å². The lowest BCUT2D eigenvalue weighted by molar-refractivity contribution is 0.0724. The average Bonchev–Trinajstić information content (AvgIpc) is 2.52. The molecule has 0 aliphatic heterocycles. The summed E-state index contributed by atoms with van der Waals surface area (Å²) >= 11 is 0. The molecule has 2 rings (SSSR count). The van der Waals surface area contributed by atoms with Gasteiger partial charge < -0.3 is 10.0 Å². The number of carbonyl (C=O) groups is 1. The third-order valence-corrected chi connectivity index (χ3v) is 3.47. The van der Waals surface area contributed by atoms with Crippen molar-refractivity contribution in [3.63, 3.8) is 0 Å². The van der Waals surface area contributed by atoms with E-state index in [0.717, 1.165) is 12.0 Å². The number of nitrogens with zero attached hydrogens (tertiary/aromatic N) is 1. The molecule has 0 aliphatic carbocycles. The van der Waals surface area contributed by atoms with Crippen LogP contribution in [0.25, 0.3) is 0 Å². The van der Waals surface area contributed by atoms with Crippen LogP contribution < -0.4 is 0 Å². The van der Waals surface area contributed by atoms with E-state index in [0.29, 0.717) is 18.7 Å². The molecule has 0 heterocycles. The first-order valence-electron chi connectivity index (χ1n) is 7.21. The third-order valence-electron chi connectivity index (χ3n) is 3.47. The monoisotopic (exact) mass is 283 g/mol. The molecule has 1 N–H and O–H groups in total. The molecule has 0 radical (unpaired) electrons.